The summed E-state index contributed by atoms with van der Waals surface area (Å²) in [6.07, 6.45) is 3.47. The van der Waals surface area contributed by atoms with E-state index in [1.54, 1.807) is 5.57 Å². The van der Waals surface area contributed by atoms with Crippen molar-refractivity contribution in [3.63, 3.8) is 0 Å². The molecule has 0 aromatic heterocycles. The predicted octanol–water partition coefficient (Wildman–Crippen LogP) is 5.65. The average Bonchev–Trinajstić information content (AvgIpc) is 2.77. The fourth-order valence-corrected chi connectivity index (χ4v) is 4.96. The zero-order valence-corrected chi connectivity index (χ0v) is 20.2. The number of hydrogen-bond acceptors (Lipinski definition) is 3. The molecule has 1 atom stereocenters. The van der Waals surface area contributed by atoms with Gasteiger partial charge in [-0.15, -0.1) is 0 Å². The normalized spacial score (nSPS) is 22.1. The summed E-state index contributed by atoms with van der Waals surface area (Å²) in [6, 6.07) is 18.1. The van der Waals surface area contributed by atoms with Crippen molar-refractivity contribution in [2.75, 3.05) is 26.2 Å². The van der Waals surface area contributed by atoms with Gasteiger partial charge in [-0.25, -0.2) is 5.01 Å². The van der Waals surface area contributed by atoms with E-state index >= 15 is 0 Å². The number of rotatable bonds is 5. The maximum atomic E-state index is 12.5. The maximum Gasteiger partial charge on any atom is 0.265 e. The SMILES string of the molecule is C[C@@H]1CN(NC(=O)c2ccccc2)CCN1CC1=C(c2ccc(Cl)cc2)CC(C)(C)CC1. The smallest absolute Gasteiger partial charge is 0.265 e. The van der Waals surface area contributed by atoms with Crippen LogP contribution in [0.2, 0.25) is 5.02 Å². The molecule has 0 spiro atoms. The van der Waals surface area contributed by atoms with Gasteiger partial charge in [0.15, 0.2) is 0 Å². The van der Waals surface area contributed by atoms with Gasteiger partial charge in [0.2, 0.25) is 0 Å². The van der Waals surface area contributed by atoms with Gasteiger partial charge < -0.3 is 0 Å². The predicted molar refractivity (Wildman–Crippen MR) is 133 cm³/mol. The van der Waals surface area contributed by atoms with Gasteiger partial charge in [-0.3, -0.25) is 15.1 Å². The molecule has 1 heterocycles. The van der Waals surface area contributed by atoms with Crippen LogP contribution in [0, 0.1) is 5.41 Å². The molecule has 1 amide bonds. The van der Waals surface area contributed by atoms with Crippen molar-refractivity contribution in [3.8, 4) is 0 Å². The Balaban J connectivity index is 1.43. The topological polar surface area (TPSA) is 35.6 Å². The molecule has 0 unspecified atom stereocenters. The maximum absolute atomic E-state index is 12.5. The van der Waals surface area contributed by atoms with Crippen LogP contribution in [0.15, 0.2) is 60.2 Å². The summed E-state index contributed by atoms with van der Waals surface area (Å²) >= 11 is 6.15. The minimum absolute atomic E-state index is 0.0338. The Morgan fingerprint density at radius 3 is 2.50 bits per heavy atom. The number of hydrogen-bond donors (Lipinski definition) is 1. The Morgan fingerprint density at radius 1 is 1.09 bits per heavy atom. The van der Waals surface area contributed by atoms with E-state index in [1.165, 1.54) is 17.6 Å². The van der Waals surface area contributed by atoms with Gasteiger partial charge in [-0.1, -0.05) is 61.4 Å². The minimum Gasteiger partial charge on any atom is -0.294 e. The molecule has 0 saturated carbocycles. The van der Waals surface area contributed by atoms with Crippen molar-refractivity contribution in [2.45, 2.75) is 46.1 Å². The van der Waals surface area contributed by atoms with Crippen LogP contribution in [0.25, 0.3) is 5.57 Å². The zero-order valence-electron chi connectivity index (χ0n) is 19.4. The first-order chi connectivity index (χ1) is 15.3. The van der Waals surface area contributed by atoms with Gasteiger partial charge in [0.05, 0.1) is 0 Å². The van der Waals surface area contributed by atoms with Crippen LogP contribution in [0.5, 0.6) is 0 Å². The Morgan fingerprint density at radius 2 is 1.81 bits per heavy atom. The average molecular weight is 452 g/mol. The Labute approximate surface area is 197 Å². The molecule has 5 heteroatoms. The van der Waals surface area contributed by atoms with Crippen LogP contribution in [0.4, 0.5) is 0 Å². The first kappa shape index (κ1) is 23.0. The highest BCUT2D eigenvalue weighted by atomic mass is 35.5. The number of piperazine rings is 1. The van der Waals surface area contributed by atoms with E-state index in [2.05, 4.69) is 48.2 Å². The number of halogens is 1. The van der Waals surface area contributed by atoms with Crippen molar-refractivity contribution in [1.82, 2.24) is 15.3 Å². The monoisotopic (exact) mass is 451 g/mol. The summed E-state index contributed by atoms with van der Waals surface area (Å²) < 4.78 is 0. The summed E-state index contributed by atoms with van der Waals surface area (Å²) in [4.78, 5) is 15.1. The van der Waals surface area contributed by atoms with Crippen molar-refractivity contribution in [1.29, 1.82) is 0 Å². The highest BCUT2D eigenvalue weighted by Crippen LogP contribution is 2.43. The molecule has 4 nitrogen and oxygen atoms in total. The molecule has 0 bridgehead atoms. The summed E-state index contributed by atoms with van der Waals surface area (Å²) in [6.45, 7) is 10.6. The summed E-state index contributed by atoms with van der Waals surface area (Å²) in [7, 11) is 0. The lowest BCUT2D eigenvalue weighted by Crippen LogP contribution is -2.57. The molecular weight excluding hydrogens is 418 g/mol. The van der Waals surface area contributed by atoms with Gasteiger partial charge in [-0.05, 0) is 67.0 Å². The van der Waals surface area contributed by atoms with Crippen LogP contribution in [0.1, 0.15) is 56.0 Å². The fraction of sp³-hybridized carbons (Fsp3) is 0.444. The molecule has 2 aliphatic rings. The molecule has 1 aliphatic carbocycles. The fourth-order valence-electron chi connectivity index (χ4n) is 4.84. The molecule has 1 saturated heterocycles. The van der Waals surface area contributed by atoms with Crippen LogP contribution >= 0.6 is 11.6 Å². The lowest BCUT2D eigenvalue weighted by atomic mass is 9.72. The van der Waals surface area contributed by atoms with E-state index in [4.69, 9.17) is 11.6 Å². The van der Waals surface area contributed by atoms with Crippen LogP contribution < -0.4 is 5.43 Å². The second kappa shape index (κ2) is 9.78. The van der Waals surface area contributed by atoms with Gasteiger partial charge >= 0.3 is 0 Å². The first-order valence-electron chi connectivity index (χ1n) is 11.6. The van der Waals surface area contributed by atoms with E-state index in [0.717, 1.165) is 44.0 Å². The van der Waals surface area contributed by atoms with E-state index < -0.39 is 0 Å². The third kappa shape index (κ3) is 5.61. The Kier molecular flexibility index (Phi) is 7.04. The highest BCUT2D eigenvalue weighted by molar-refractivity contribution is 6.30. The van der Waals surface area contributed by atoms with Gasteiger partial charge in [0, 0.05) is 42.8 Å². The molecule has 1 fully saturated rings. The lowest BCUT2D eigenvalue weighted by molar-refractivity contribution is 0.0448. The van der Waals surface area contributed by atoms with Crippen LogP contribution in [-0.4, -0.2) is 48.0 Å². The van der Waals surface area contributed by atoms with E-state index in [9.17, 15) is 4.79 Å². The van der Waals surface area contributed by atoms with E-state index in [0.29, 0.717) is 17.0 Å². The van der Waals surface area contributed by atoms with Gasteiger partial charge in [0.1, 0.15) is 0 Å². The number of benzene rings is 2. The summed E-state index contributed by atoms with van der Waals surface area (Å²) in [5.41, 5.74) is 8.46. The molecule has 1 N–H and O–H groups in total. The van der Waals surface area contributed by atoms with E-state index in [-0.39, 0.29) is 5.91 Å². The minimum atomic E-state index is -0.0338. The number of amides is 1. The Bertz CT molecular complexity index is 968. The van der Waals surface area contributed by atoms with Crippen LogP contribution in [-0.2, 0) is 0 Å². The second-order valence-corrected chi connectivity index (χ2v) is 10.4. The zero-order chi connectivity index (χ0) is 22.7. The number of allylic oxidation sites excluding steroid dienone is 1. The molecule has 4 rings (SSSR count). The first-order valence-corrected chi connectivity index (χ1v) is 12.0. The molecular formula is C27H34ClN3O. The highest BCUT2D eigenvalue weighted by Gasteiger charge is 2.31. The van der Waals surface area contributed by atoms with Crippen LogP contribution in [0.3, 0.4) is 0 Å². The molecule has 170 valence electrons. The van der Waals surface area contributed by atoms with Gasteiger partial charge in [-0.2, -0.15) is 0 Å². The quantitative estimate of drug-likeness (QED) is 0.637. The number of hydrazine groups is 1. The molecule has 32 heavy (non-hydrogen) atoms. The van der Waals surface area contributed by atoms with Crippen molar-refractivity contribution < 1.29 is 4.79 Å². The number of nitrogens with zero attached hydrogens (tertiary/aromatic N) is 2. The Hall–Kier alpha value is -2.14. The lowest BCUT2D eigenvalue weighted by Gasteiger charge is -2.42. The molecule has 2 aromatic rings. The van der Waals surface area contributed by atoms with E-state index in [1.807, 2.05) is 42.5 Å². The molecule has 2 aromatic carbocycles. The van der Waals surface area contributed by atoms with Crippen molar-refractivity contribution >= 4 is 23.1 Å². The molecule has 0 radical (unpaired) electrons. The standard InChI is InChI=1S/C27H34ClN3O/c1-20-18-31(29-26(32)22-7-5-4-6-8-22)16-15-30(20)19-23-13-14-27(2,3)17-25(23)21-9-11-24(28)12-10-21/h4-12,20H,13-19H2,1-3H3,(H,29,32)/t20-/m1/s1. The summed E-state index contributed by atoms with van der Waals surface area (Å²) in [5, 5.41) is 2.85. The number of nitrogens with one attached hydrogen (secondary N) is 1. The largest absolute Gasteiger partial charge is 0.294 e. The summed E-state index contributed by atoms with van der Waals surface area (Å²) in [5.74, 6) is -0.0338. The second-order valence-electron chi connectivity index (χ2n) is 10.0. The molecule has 1 aliphatic heterocycles. The number of carbonyl (C=O) groups is 1. The third-order valence-corrected chi connectivity index (χ3v) is 7.08. The third-order valence-electron chi connectivity index (χ3n) is 6.83. The van der Waals surface area contributed by atoms with Gasteiger partial charge in [0.25, 0.3) is 5.91 Å². The van der Waals surface area contributed by atoms with Crippen molar-refractivity contribution in [3.05, 3.63) is 76.3 Å². The number of carbonyl (C=O) groups excluding carboxylic acids is 1. The van der Waals surface area contributed by atoms with Crippen molar-refractivity contribution in [2.24, 2.45) is 5.41 Å².